The summed E-state index contributed by atoms with van der Waals surface area (Å²) in [5.41, 5.74) is 2.58. The number of anilines is 1. The quantitative estimate of drug-likeness (QED) is 0.570. The lowest BCUT2D eigenvalue weighted by Crippen LogP contribution is -2.26. The molecule has 0 bridgehead atoms. The van der Waals surface area contributed by atoms with Crippen molar-refractivity contribution in [3.8, 4) is 5.75 Å². The van der Waals surface area contributed by atoms with Crippen LogP contribution in [0.3, 0.4) is 0 Å². The van der Waals surface area contributed by atoms with Crippen LogP contribution in [0.1, 0.15) is 53.1 Å². The van der Waals surface area contributed by atoms with Crippen molar-refractivity contribution in [3.05, 3.63) is 95.6 Å². The van der Waals surface area contributed by atoms with Crippen LogP contribution in [0.4, 0.5) is 5.69 Å². The summed E-state index contributed by atoms with van der Waals surface area (Å²) in [7, 11) is 0. The molecule has 0 radical (unpaired) electrons. The number of hydrogen-bond donors (Lipinski definition) is 2. The third kappa shape index (κ3) is 5.70. The number of hydrogen-bond acceptors (Lipinski definition) is 3. The van der Waals surface area contributed by atoms with Gasteiger partial charge in [-0.2, -0.15) is 0 Å². The zero-order chi connectivity index (χ0) is 21.5. The van der Waals surface area contributed by atoms with E-state index >= 15 is 0 Å². The van der Waals surface area contributed by atoms with Gasteiger partial charge in [-0.3, -0.25) is 9.59 Å². The maximum atomic E-state index is 12.6. The number of amides is 2. The zero-order valence-electron chi connectivity index (χ0n) is 17.4. The van der Waals surface area contributed by atoms with Crippen LogP contribution in [0.15, 0.2) is 78.9 Å². The Morgan fingerprint density at radius 2 is 1.47 bits per heavy atom. The Kier molecular flexibility index (Phi) is 6.86. The van der Waals surface area contributed by atoms with E-state index in [2.05, 4.69) is 10.6 Å². The summed E-state index contributed by atoms with van der Waals surface area (Å²) < 4.78 is 5.60. The van der Waals surface area contributed by atoms with Crippen LogP contribution in [0.25, 0.3) is 0 Å². The third-order valence-corrected chi connectivity index (χ3v) is 4.52. The van der Waals surface area contributed by atoms with E-state index in [9.17, 15) is 9.59 Å². The van der Waals surface area contributed by atoms with E-state index in [1.54, 1.807) is 48.5 Å². The van der Waals surface area contributed by atoms with E-state index in [1.807, 2.05) is 51.1 Å². The lowest BCUT2D eigenvalue weighted by molar-refractivity contribution is 0.0938. The lowest BCUT2D eigenvalue weighted by Gasteiger charge is -2.15. The summed E-state index contributed by atoms with van der Waals surface area (Å²) in [5.74, 6) is 0.270. The van der Waals surface area contributed by atoms with Gasteiger partial charge < -0.3 is 15.4 Å². The Morgan fingerprint density at radius 3 is 2.13 bits per heavy atom. The van der Waals surface area contributed by atoms with Crippen molar-refractivity contribution in [2.24, 2.45) is 0 Å². The molecule has 3 aromatic rings. The number of ether oxygens (including phenoxy) is 1. The molecule has 3 aromatic carbocycles. The summed E-state index contributed by atoms with van der Waals surface area (Å²) in [4.78, 5) is 25.2. The van der Waals surface area contributed by atoms with Gasteiger partial charge in [0, 0.05) is 16.8 Å². The minimum Gasteiger partial charge on any atom is -0.491 e. The average molecular weight is 402 g/mol. The van der Waals surface area contributed by atoms with Crippen molar-refractivity contribution in [1.82, 2.24) is 5.32 Å². The van der Waals surface area contributed by atoms with E-state index < -0.39 is 0 Å². The number of carbonyl (C=O) groups is 2. The number of nitrogens with one attached hydrogen (secondary N) is 2. The second kappa shape index (κ2) is 9.74. The van der Waals surface area contributed by atoms with Crippen LogP contribution in [0, 0.1) is 0 Å². The number of rotatable bonds is 7. The molecule has 0 saturated heterocycles. The summed E-state index contributed by atoms with van der Waals surface area (Å²) in [6.45, 7) is 5.83. The highest BCUT2D eigenvalue weighted by atomic mass is 16.5. The van der Waals surface area contributed by atoms with Crippen molar-refractivity contribution in [1.29, 1.82) is 0 Å². The Bertz CT molecular complexity index is 998. The second-order valence-electron chi connectivity index (χ2n) is 7.33. The molecular formula is C25H26N2O3. The Hall–Kier alpha value is -3.60. The van der Waals surface area contributed by atoms with Crippen molar-refractivity contribution >= 4 is 17.5 Å². The van der Waals surface area contributed by atoms with Crippen LogP contribution < -0.4 is 15.4 Å². The monoisotopic (exact) mass is 402 g/mol. The smallest absolute Gasteiger partial charge is 0.255 e. The Labute approximate surface area is 177 Å². The number of benzene rings is 3. The summed E-state index contributed by atoms with van der Waals surface area (Å²) in [6, 6.07) is 23.5. The first-order valence-corrected chi connectivity index (χ1v) is 9.96. The standard InChI is InChI=1S/C25H26N2O3/c1-17(2)30-23-14-12-20(13-15-23)24(28)27-22-11-7-10-21(16-22)25(29)26-18(3)19-8-5-4-6-9-19/h4-18H,1-3H3,(H,26,29)(H,27,28). The molecule has 0 heterocycles. The summed E-state index contributed by atoms with van der Waals surface area (Å²) in [5, 5.41) is 5.82. The molecular weight excluding hydrogens is 376 g/mol. The predicted octanol–water partition coefficient (Wildman–Crippen LogP) is 5.22. The van der Waals surface area contributed by atoms with Gasteiger partial charge in [-0.25, -0.2) is 0 Å². The van der Waals surface area contributed by atoms with Gasteiger partial charge >= 0.3 is 0 Å². The van der Waals surface area contributed by atoms with Crippen LogP contribution in [-0.2, 0) is 0 Å². The molecule has 1 atom stereocenters. The minimum absolute atomic E-state index is 0.0724. The fourth-order valence-corrected chi connectivity index (χ4v) is 3.00. The molecule has 0 aromatic heterocycles. The highest BCUT2D eigenvalue weighted by molar-refractivity contribution is 6.05. The predicted molar refractivity (Wildman–Crippen MR) is 119 cm³/mol. The van der Waals surface area contributed by atoms with Gasteiger partial charge in [0.2, 0.25) is 0 Å². The van der Waals surface area contributed by atoms with Gasteiger partial charge in [0.25, 0.3) is 11.8 Å². The molecule has 5 nitrogen and oxygen atoms in total. The van der Waals surface area contributed by atoms with Crippen LogP contribution in [0.2, 0.25) is 0 Å². The molecule has 154 valence electrons. The lowest BCUT2D eigenvalue weighted by atomic mass is 10.1. The van der Waals surface area contributed by atoms with Gasteiger partial charge in [-0.1, -0.05) is 36.4 Å². The molecule has 1 unspecified atom stereocenters. The van der Waals surface area contributed by atoms with Crippen molar-refractivity contribution in [2.45, 2.75) is 32.9 Å². The summed E-state index contributed by atoms with van der Waals surface area (Å²) in [6.07, 6.45) is 0.0724. The normalized spacial score (nSPS) is 11.6. The summed E-state index contributed by atoms with van der Waals surface area (Å²) >= 11 is 0. The van der Waals surface area contributed by atoms with Crippen molar-refractivity contribution < 1.29 is 14.3 Å². The van der Waals surface area contributed by atoms with Crippen LogP contribution in [0.5, 0.6) is 5.75 Å². The maximum absolute atomic E-state index is 12.6. The average Bonchev–Trinajstić information content (AvgIpc) is 2.74. The Morgan fingerprint density at radius 1 is 0.767 bits per heavy atom. The molecule has 0 aliphatic heterocycles. The molecule has 0 saturated carbocycles. The zero-order valence-corrected chi connectivity index (χ0v) is 17.4. The molecule has 30 heavy (non-hydrogen) atoms. The molecule has 0 fully saturated rings. The van der Waals surface area contributed by atoms with Gasteiger partial charge in [-0.15, -0.1) is 0 Å². The molecule has 0 aliphatic carbocycles. The van der Waals surface area contributed by atoms with Gasteiger partial charge in [0.15, 0.2) is 0 Å². The van der Waals surface area contributed by atoms with E-state index in [4.69, 9.17) is 4.74 Å². The van der Waals surface area contributed by atoms with Gasteiger partial charge in [0.05, 0.1) is 12.1 Å². The SMILES string of the molecule is CC(C)Oc1ccc(C(=O)Nc2cccc(C(=O)NC(C)c3ccccc3)c2)cc1. The molecule has 0 spiro atoms. The van der Waals surface area contributed by atoms with E-state index in [1.165, 1.54) is 0 Å². The topological polar surface area (TPSA) is 67.4 Å². The highest BCUT2D eigenvalue weighted by Gasteiger charge is 2.13. The molecule has 5 heteroatoms. The first-order valence-electron chi connectivity index (χ1n) is 9.96. The van der Waals surface area contributed by atoms with E-state index in [0.29, 0.717) is 22.6 Å². The van der Waals surface area contributed by atoms with Crippen LogP contribution >= 0.6 is 0 Å². The van der Waals surface area contributed by atoms with E-state index in [-0.39, 0.29) is 24.0 Å². The molecule has 2 amide bonds. The van der Waals surface area contributed by atoms with E-state index in [0.717, 1.165) is 5.56 Å². The first kappa shape index (κ1) is 21.1. The van der Waals surface area contributed by atoms with Crippen molar-refractivity contribution in [2.75, 3.05) is 5.32 Å². The third-order valence-electron chi connectivity index (χ3n) is 4.52. The molecule has 3 rings (SSSR count). The fourth-order valence-electron chi connectivity index (χ4n) is 3.00. The largest absolute Gasteiger partial charge is 0.491 e. The van der Waals surface area contributed by atoms with Crippen molar-refractivity contribution in [3.63, 3.8) is 0 Å². The van der Waals surface area contributed by atoms with Crippen LogP contribution in [-0.4, -0.2) is 17.9 Å². The van der Waals surface area contributed by atoms with Gasteiger partial charge in [0.1, 0.15) is 5.75 Å². The maximum Gasteiger partial charge on any atom is 0.255 e. The fraction of sp³-hybridized carbons (Fsp3) is 0.200. The second-order valence-corrected chi connectivity index (χ2v) is 7.33. The Balaban J connectivity index is 1.64. The van der Waals surface area contributed by atoms with Gasteiger partial charge in [-0.05, 0) is 68.8 Å². The first-order chi connectivity index (χ1) is 14.4. The highest BCUT2D eigenvalue weighted by Crippen LogP contribution is 2.17. The molecule has 2 N–H and O–H groups in total. The minimum atomic E-state index is -0.249. The molecule has 0 aliphatic rings. The number of carbonyl (C=O) groups excluding carboxylic acids is 2.